The van der Waals surface area contributed by atoms with Crippen LogP contribution in [0.4, 0.5) is 0 Å². The quantitative estimate of drug-likeness (QED) is 0.826. The second-order valence-corrected chi connectivity index (χ2v) is 5.03. The van der Waals surface area contributed by atoms with Gasteiger partial charge in [0.05, 0.1) is 0 Å². The summed E-state index contributed by atoms with van der Waals surface area (Å²) in [6.45, 7) is 7.47. The number of nitrogens with zero attached hydrogens (tertiary/aromatic N) is 2. The largest absolute Gasteiger partial charge is 0.335 e. The van der Waals surface area contributed by atoms with E-state index in [1.165, 1.54) is 0 Å². The van der Waals surface area contributed by atoms with Crippen LogP contribution in [0.3, 0.4) is 0 Å². The van der Waals surface area contributed by atoms with E-state index in [9.17, 15) is 9.59 Å². The van der Waals surface area contributed by atoms with Crippen molar-refractivity contribution in [2.24, 2.45) is 0 Å². The first kappa shape index (κ1) is 12.3. The third kappa shape index (κ3) is 2.28. The van der Waals surface area contributed by atoms with Gasteiger partial charge in [-0.25, -0.2) is 0 Å². The van der Waals surface area contributed by atoms with Crippen LogP contribution < -0.4 is 10.2 Å². The first-order chi connectivity index (χ1) is 8.15. The lowest BCUT2D eigenvalue weighted by Crippen LogP contribution is -2.46. The second-order valence-electron chi connectivity index (χ2n) is 4.07. The van der Waals surface area contributed by atoms with Gasteiger partial charge in [-0.15, -0.1) is 0 Å². The van der Waals surface area contributed by atoms with E-state index in [0.717, 1.165) is 43.2 Å². The Morgan fingerprint density at radius 1 is 1.41 bits per heavy atom. The van der Waals surface area contributed by atoms with Crippen LogP contribution in [0.5, 0.6) is 0 Å². The number of carbonyl (C=O) groups excluding carboxylic acids is 1. The fraction of sp³-hybridized carbons (Fsp3) is 0.636. The van der Waals surface area contributed by atoms with Crippen molar-refractivity contribution in [1.29, 1.82) is 0 Å². The molecule has 2 heterocycles. The summed E-state index contributed by atoms with van der Waals surface area (Å²) in [5.41, 5.74) is 0.797. The number of hydrogen-bond acceptors (Lipinski definition) is 4. The monoisotopic (exact) mass is 255 g/mol. The lowest BCUT2D eigenvalue weighted by Gasteiger charge is -2.27. The minimum absolute atomic E-state index is 0.00157. The van der Waals surface area contributed by atoms with Crippen molar-refractivity contribution < 1.29 is 4.79 Å². The first-order valence-electron chi connectivity index (χ1n) is 5.85. The van der Waals surface area contributed by atoms with E-state index in [0.29, 0.717) is 11.4 Å². The molecule has 1 saturated heterocycles. The Hall–Kier alpha value is -1.14. The van der Waals surface area contributed by atoms with Crippen molar-refractivity contribution in [2.75, 3.05) is 26.2 Å². The molecule has 2 rings (SSSR count). The second kappa shape index (κ2) is 5.01. The molecule has 0 saturated carbocycles. The van der Waals surface area contributed by atoms with Gasteiger partial charge in [0.1, 0.15) is 4.88 Å². The van der Waals surface area contributed by atoms with Gasteiger partial charge in [-0.3, -0.25) is 9.59 Å². The smallest absolute Gasteiger partial charge is 0.308 e. The number of nitrogens with one attached hydrogen (secondary N) is 1. The molecule has 0 radical (unpaired) electrons. The summed E-state index contributed by atoms with van der Waals surface area (Å²) in [6.07, 6.45) is 0. The number of thiazole rings is 1. The normalized spacial score (nSPS) is 16.2. The highest BCUT2D eigenvalue weighted by atomic mass is 32.1. The van der Waals surface area contributed by atoms with Crippen LogP contribution in [-0.2, 0) is 6.54 Å². The molecule has 0 atom stereocenters. The summed E-state index contributed by atoms with van der Waals surface area (Å²) in [7, 11) is 0. The average molecular weight is 255 g/mol. The van der Waals surface area contributed by atoms with E-state index in [4.69, 9.17) is 0 Å². The van der Waals surface area contributed by atoms with Crippen LogP contribution in [0.2, 0.25) is 0 Å². The van der Waals surface area contributed by atoms with Crippen LogP contribution in [0.15, 0.2) is 4.79 Å². The van der Waals surface area contributed by atoms with Crippen molar-refractivity contribution in [3.63, 3.8) is 0 Å². The molecule has 0 aliphatic carbocycles. The highest BCUT2D eigenvalue weighted by molar-refractivity contribution is 7.11. The van der Waals surface area contributed by atoms with Gasteiger partial charge in [0.15, 0.2) is 0 Å². The maximum atomic E-state index is 12.3. The van der Waals surface area contributed by atoms with Gasteiger partial charge in [0, 0.05) is 38.4 Å². The maximum Gasteiger partial charge on any atom is 0.308 e. The SMILES string of the molecule is CCn1c(C)c(C(=O)N2CCNCC2)sc1=O. The summed E-state index contributed by atoms with van der Waals surface area (Å²) >= 11 is 1.06. The van der Waals surface area contributed by atoms with Gasteiger partial charge >= 0.3 is 4.87 Å². The number of piperazine rings is 1. The van der Waals surface area contributed by atoms with Crippen molar-refractivity contribution in [1.82, 2.24) is 14.8 Å². The molecular formula is C11H17N3O2S. The van der Waals surface area contributed by atoms with Gasteiger partial charge in [-0.05, 0) is 13.8 Å². The molecule has 17 heavy (non-hydrogen) atoms. The molecule has 1 aromatic rings. The van der Waals surface area contributed by atoms with E-state index < -0.39 is 0 Å². The van der Waals surface area contributed by atoms with Crippen LogP contribution in [0, 0.1) is 6.92 Å². The van der Waals surface area contributed by atoms with Gasteiger partial charge in [0.25, 0.3) is 5.91 Å². The molecule has 1 aliphatic rings. The zero-order valence-corrected chi connectivity index (χ0v) is 11.0. The minimum Gasteiger partial charge on any atom is -0.335 e. The predicted molar refractivity (Wildman–Crippen MR) is 67.8 cm³/mol. The number of amides is 1. The molecule has 1 amide bonds. The molecular weight excluding hydrogens is 238 g/mol. The number of carbonyl (C=O) groups is 1. The predicted octanol–water partition coefficient (Wildman–Crippen LogP) is 0.284. The average Bonchev–Trinajstić information content (AvgIpc) is 2.64. The highest BCUT2D eigenvalue weighted by Crippen LogP contribution is 2.15. The molecule has 0 unspecified atom stereocenters. The van der Waals surface area contributed by atoms with Gasteiger partial charge in [0.2, 0.25) is 0 Å². The molecule has 0 bridgehead atoms. The van der Waals surface area contributed by atoms with Gasteiger partial charge < -0.3 is 14.8 Å². The van der Waals surface area contributed by atoms with Crippen molar-refractivity contribution in [3.8, 4) is 0 Å². The molecule has 6 heteroatoms. The summed E-state index contributed by atoms with van der Waals surface area (Å²) in [5.74, 6) is -0.00157. The van der Waals surface area contributed by atoms with Crippen LogP contribution in [-0.4, -0.2) is 41.6 Å². The lowest BCUT2D eigenvalue weighted by molar-refractivity contribution is 0.0739. The van der Waals surface area contributed by atoms with Crippen LogP contribution >= 0.6 is 11.3 Å². The summed E-state index contributed by atoms with van der Waals surface area (Å²) in [6, 6.07) is 0. The summed E-state index contributed by atoms with van der Waals surface area (Å²) in [4.78, 5) is 26.3. The van der Waals surface area contributed by atoms with Crippen molar-refractivity contribution in [3.05, 3.63) is 20.2 Å². The van der Waals surface area contributed by atoms with Gasteiger partial charge in [-0.1, -0.05) is 11.3 Å². The fourth-order valence-electron chi connectivity index (χ4n) is 2.05. The standard InChI is InChI=1S/C11H17N3O2S/c1-3-14-8(2)9(17-11(14)16)10(15)13-6-4-12-5-7-13/h12H,3-7H2,1-2H3. The Morgan fingerprint density at radius 2 is 2.06 bits per heavy atom. The first-order valence-corrected chi connectivity index (χ1v) is 6.67. The molecule has 0 spiro atoms. The molecule has 0 aromatic carbocycles. The van der Waals surface area contributed by atoms with Crippen molar-refractivity contribution in [2.45, 2.75) is 20.4 Å². The maximum absolute atomic E-state index is 12.3. The van der Waals surface area contributed by atoms with E-state index in [1.807, 2.05) is 18.7 Å². The van der Waals surface area contributed by atoms with E-state index in [-0.39, 0.29) is 10.8 Å². The topological polar surface area (TPSA) is 54.3 Å². The van der Waals surface area contributed by atoms with E-state index in [2.05, 4.69) is 5.32 Å². The summed E-state index contributed by atoms with van der Waals surface area (Å²) in [5, 5.41) is 3.21. The molecule has 1 N–H and O–H groups in total. The number of aromatic nitrogens is 1. The molecule has 1 aliphatic heterocycles. The zero-order chi connectivity index (χ0) is 12.4. The highest BCUT2D eigenvalue weighted by Gasteiger charge is 2.23. The third-order valence-corrected chi connectivity index (χ3v) is 4.13. The zero-order valence-electron chi connectivity index (χ0n) is 10.2. The Labute approximate surface area is 104 Å². The number of hydrogen-bond donors (Lipinski definition) is 1. The Balaban J connectivity index is 2.27. The summed E-state index contributed by atoms with van der Waals surface area (Å²) < 4.78 is 1.65. The molecule has 5 nitrogen and oxygen atoms in total. The minimum atomic E-state index is -0.0384. The Kier molecular flexibility index (Phi) is 3.63. The van der Waals surface area contributed by atoms with Gasteiger partial charge in [-0.2, -0.15) is 0 Å². The molecule has 1 aromatic heterocycles. The molecule has 1 fully saturated rings. The molecule has 94 valence electrons. The van der Waals surface area contributed by atoms with E-state index >= 15 is 0 Å². The number of rotatable bonds is 2. The van der Waals surface area contributed by atoms with Crippen LogP contribution in [0.1, 0.15) is 22.3 Å². The third-order valence-electron chi connectivity index (χ3n) is 3.06. The Bertz CT molecular complexity index is 472. The van der Waals surface area contributed by atoms with E-state index in [1.54, 1.807) is 4.57 Å². The van der Waals surface area contributed by atoms with Crippen molar-refractivity contribution >= 4 is 17.2 Å². The Morgan fingerprint density at radius 3 is 2.59 bits per heavy atom. The lowest BCUT2D eigenvalue weighted by atomic mass is 10.3. The fourth-order valence-corrected chi connectivity index (χ4v) is 3.08. The van der Waals surface area contributed by atoms with Crippen LogP contribution in [0.25, 0.3) is 0 Å².